The van der Waals surface area contributed by atoms with E-state index in [4.69, 9.17) is 11.6 Å². The topological polar surface area (TPSA) is 62.2 Å². The molecule has 92 valence electrons. The van der Waals surface area contributed by atoms with Gasteiger partial charge >= 0.3 is 0 Å². The third-order valence-corrected chi connectivity index (χ3v) is 2.69. The zero-order valence-electron chi connectivity index (χ0n) is 9.64. The number of rotatable bonds is 2. The third-order valence-electron chi connectivity index (χ3n) is 2.36. The molecule has 18 heavy (non-hydrogen) atoms. The summed E-state index contributed by atoms with van der Waals surface area (Å²) in [6.07, 6.45) is 2.63. The van der Waals surface area contributed by atoms with Gasteiger partial charge in [0, 0.05) is 6.20 Å². The first kappa shape index (κ1) is 12.4. The van der Waals surface area contributed by atoms with Crippen molar-refractivity contribution in [2.45, 2.75) is 6.92 Å². The van der Waals surface area contributed by atoms with Crippen LogP contribution in [0.2, 0.25) is 5.02 Å². The van der Waals surface area contributed by atoms with Gasteiger partial charge < -0.3 is 10.4 Å². The molecule has 0 spiro atoms. The van der Waals surface area contributed by atoms with E-state index in [1.54, 1.807) is 12.1 Å². The zero-order chi connectivity index (χ0) is 13.1. The Morgan fingerprint density at radius 1 is 1.33 bits per heavy atom. The second-order valence-electron chi connectivity index (χ2n) is 3.87. The fourth-order valence-corrected chi connectivity index (χ4v) is 1.65. The first-order valence-electron chi connectivity index (χ1n) is 5.28. The van der Waals surface area contributed by atoms with Crippen LogP contribution >= 0.6 is 11.6 Å². The van der Waals surface area contributed by atoms with Crippen LogP contribution in [0.1, 0.15) is 15.9 Å². The van der Waals surface area contributed by atoms with Gasteiger partial charge in [-0.3, -0.25) is 9.78 Å². The summed E-state index contributed by atoms with van der Waals surface area (Å²) in [5, 5.41) is 12.4. The van der Waals surface area contributed by atoms with Gasteiger partial charge in [-0.25, -0.2) is 0 Å². The number of aromatic hydroxyl groups is 1. The first-order chi connectivity index (χ1) is 8.56. The Hall–Kier alpha value is -2.07. The van der Waals surface area contributed by atoms with Crippen molar-refractivity contribution >= 4 is 23.2 Å². The Bertz CT molecular complexity index is 599. The number of nitrogens with one attached hydrogen (secondary N) is 1. The fourth-order valence-electron chi connectivity index (χ4n) is 1.48. The molecule has 1 amide bonds. The molecule has 0 radical (unpaired) electrons. The molecule has 0 saturated carbocycles. The van der Waals surface area contributed by atoms with Crippen LogP contribution in [0.4, 0.5) is 5.69 Å². The third kappa shape index (κ3) is 2.78. The maximum Gasteiger partial charge on any atom is 0.257 e. The average Bonchev–Trinajstić information content (AvgIpc) is 2.34. The normalized spacial score (nSPS) is 10.1. The summed E-state index contributed by atoms with van der Waals surface area (Å²) in [4.78, 5) is 15.7. The summed E-state index contributed by atoms with van der Waals surface area (Å²) in [6, 6.07) is 6.68. The highest BCUT2D eigenvalue weighted by molar-refractivity contribution is 6.33. The van der Waals surface area contributed by atoms with Crippen LogP contribution in [0.15, 0.2) is 36.7 Å². The molecular weight excluding hydrogens is 252 g/mol. The van der Waals surface area contributed by atoms with E-state index in [1.165, 1.54) is 18.5 Å². The minimum absolute atomic E-state index is 0.0574. The van der Waals surface area contributed by atoms with Crippen molar-refractivity contribution in [3.05, 3.63) is 52.8 Å². The first-order valence-corrected chi connectivity index (χ1v) is 5.65. The molecule has 4 nitrogen and oxygen atoms in total. The molecule has 1 aromatic heterocycles. The number of halogens is 1. The molecule has 0 atom stereocenters. The number of pyridine rings is 1. The molecule has 2 N–H and O–H groups in total. The van der Waals surface area contributed by atoms with Crippen molar-refractivity contribution in [1.29, 1.82) is 0 Å². The number of benzene rings is 1. The number of hydrogen-bond acceptors (Lipinski definition) is 3. The molecule has 0 aliphatic heterocycles. The highest BCUT2D eigenvalue weighted by atomic mass is 35.5. The van der Waals surface area contributed by atoms with E-state index in [0.29, 0.717) is 10.7 Å². The molecule has 0 bridgehead atoms. The monoisotopic (exact) mass is 262 g/mol. The van der Waals surface area contributed by atoms with Crippen LogP contribution in [0.3, 0.4) is 0 Å². The molecule has 0 aliphatic carbocycles. The molecule has 2 rings (SSSR count). The van der Waals surface area contributed by atoms with Gasteiger partial charge in [0.05, 0.1) is 22.5 Å². The zero-order valence-corrected chi connectivity index (χ0v) is 10.4. The lowest BCUT2D eigenvalue weighted by molar-refractivity contribution is 0.102. The number of carbonyl (C=O) groups excluding carboxylic acids is 1. The number of carbonyl (C=O) groups is 1. The lowest BCUT2D eigenvalue weighted by atomic mass is 10.2. The van der Waals surface area contributed by atoms with Gasteiger partial charge in [0.1, 0.15) is 5.75 Å². The van der Waals surface area contributed by atoms with Crippen LogP contribution in [0, 0.1) is 6.92 Å². The number of aryl methyl sites for hydroxylation is 1. The molecule has 0 aliphatic rings. The van der Waals surface area contributed by atoms with Gasteiger partial charge in [0.2, 0.25) is 0 Å². The minimum atomic E-state index is -0.370. The molecule has 0 unspecified atom stereocenters. The standard InChI is InChI=1S/C13H11ClN2O2/c1-8-2-3-11(14)12(4-8)16-13(18)9-5-10(17)7-15-6-9/h2-7,17H,1H3,(H,16,18). The number of hydrogen-bond donors (Lipinski definition) is 2. The Kier molecular flexibility index (Phi) is 3.48. The molecular formula is C13H11ClN2O2. The summed E-state index contributed by atoms with van der Waals surface area (Å²) in [5.41, 5.74) is 1.79. The van der Waals surface area contributed by atoms with Crippen molar-refractivity contribution in [2.75, 3.05) is 5.32 Å². The highest BCUT2D eigenvalue weighted by Crippen LogP contribution is 2.23. The Balaban J connectivity index is 2.24. The SMILES string of the molecule is Cc1ccc(Cl)c(NC(=O)c2cncc(O)c2)c1. The lowest BCUT2D eigenvalue weighted by Crippen LogP contribution is -2.12. The Labute approximate surface area is 109 Å². The molecule has 0 saturated heterocycles. The molecule has 5 heteroatoms. The van der Waals surface area contributed by atoms with Gasteiger partial charge in [-0.15, -0.1) is 0 Å². The molecule has 0 fully saturated rings. The van der Waals surface area contributed by atoms with Crippen molar-refractivity contribution < 1.29 is 9.90 Å². The van der Waals surface area contributed by atoms with Crippen LogP contribution in [-0.4, -0.2) is 16.0 Å². The van der Waals surface area contributed by atoms with Gasteiger partial charge in [-0.1, -0.05) is 17.7 Å². The van der Waals surface area contributed by atoms with E-state index in [9.17, 15) is 9.90 Å². The predicted octanol–water partition coefficient (Wildman–Crippen LogP) is 3.00. The van der Waals surface area contributed by atoms with Crippen LogP contribution in [-0.2, 0) is 0 Å². The van der Waals surface area contributed by atoms with Gasteiger partial charge in [-0.2, -0.15) is 0 Å². The maximum atomic E-state index is 11.9. The lowest BCUT2D eigenvalue weighted by Gasteiger charge is -2.08. The minimum Gasteiger partial charge on any atom is -0.506 e. The van der Waals surface area contributed by atoms with E-state index in [-0.39, 0.29) is 17.2 Å². The van der Waals surface area contributed by atoms with E-state index < -0.39 is 0 Å². The summed E-state index contributed by atoms with van der Waals surface area (Å²) < 4.78 is 0. The van der Waals surface area contributed by atoms with Gasteiger partial charge in [0.15, 0.2) is 0 Å². The average molecular weight is 263 g/mol. The molecule has 1 aromatic carbocycles. The quantitative estimate of drug-likeness (QED) is 0.875. The van der Waals surface area contributed by atoms with Crippen molar-refractivity contribution in [2.24, 2.45) is 0 Å². The Morgan fingerprint density at radius 2 is 2.11 bits per heavy atom. The number of aromatic nitrogens is 1. The van der Waals surface area contributed by atoms with E-state index in [2.05, 4.69) is 10.3 Å². The van der Waals surface area contributed by atoms with E-state index in [0.717, 1.165) is 5.56 Å². The summed E-state index contributed by atoms with van der Waals surface area (Å²) in [7, 11) is 0. The fraction of sp³-hybridized carbons (Fsp3) is 0.0769. The number of amides is 1. The van der Waals surface area contributed by atoms with Crippen LogP contribution in [0.25, 0.3) is 0 Å². The van der Waals surface area contributed by atoms with Gasteiger partial charge in [0.25, 0.3) is 5.91 Å². The summed E-state index contributed by atoms with van der Waals surface area (Å²) in [5.74, 6) is -0.427. The van der Waals surface area contributed by atoms with Crippen LogP contribution in [0.5, 0.6) is 5.75 Å². The Morgan fingerprint density at radius 3 is 2.83 bits per heavy atom. The van der Waals surface area contributed by atoms with Crippen molar-refractivity contribution in [3.8, 4) is 5.75 Å². The maximum absolute atomic E-state index is 11.9. The second kappa shape index (κ2) is 5.06. The summed E-state index contributed by atoms with van der Waals surface area (Å²) in [6.45, 7) is 1.90. The van der Waals surface area contributed by atoms with Crippen LogP contribution < -0.4 is 5.32 Å². The second-order valence-corrected chi connectivity index (χ2v) is 4.28. The largest absolute Gasteiger partial charge is 0.506 e. The van der Waals surface area contributed by atoms with Gasteiger partial charge in [-0.05, 0) is 30.7 Å². The van der Waals surface area contributed by atoms with E-state index >= 15 is 0 Å². The molecule has 1 heterocycles. The number of anilines is 1. The molecule has 2 aromatic rings. The van der Waals surface area contributed by atoms with Crippen molar-refractivity contribution in [3.63, 3.8) is 0 Å². The van der Waals surface area contributed by atoms with E-state index in [1.807, 2.05) is 13.0 Å². The smallest absolute Gasteiger partial charge is 0.257 e. The number of nitrogens with zero attached hydrogens (tertiary/aromatic N) is 1. The predicted molar refractivity (Wildman–Crippen MR) is 70.0 cm³/mol. The van der Waals surface area contributed by atoms with Crippen molar-refractivity contribution in [1.82, 2.24) is 4.98 Å². The highest BCUT2D eigenvalue weighted by Gasteiger charge is 2.09. The summed E-state index contributed by atoms with van der Waals surface area (Å²) >= 11 is 5.98.